The highest BCUT2D eigenvalue weighted by atomic mass is 19.1. The average molecular weight is 405 g/mol. The largest absolute Gasteiger partial charge is 0.374 e. The van der Waals surface area contributed by atoms with Crippen LogP contribution in [0.2, 0.25) is 0 Å². The minimum atomic E-state index is -1.49. The molecule has 1 aliphatic carbocycles. The van der Waals surface area contributed by atoms with Gasteiger partial charge >= 0.3 is 0 Å². The number of oxime groups is 1. The maximum atomic E-state index is 13.5. The maximum absolute atomic E-state index is 13.5. The van der Waals surface area contributed by atoms with Gasteiger partial charge in [0.15, 0.2) is 0 Å². The van der Waals surface area contributed by atoms with Crippen LogP contribution < -0.4 is 10.6 Å². The van der Waals surface area contributed by atoms with Crippen LogP contribution in [0.4, 0.5) is 8.78 Å². The highest BCUT2D eigenvalue weighted by molar-refractivity contribution is 6.06. The highest BCUT2D eigenvalue weighted by Gasteiger charge is 2.46. The zero-order chi connectivity index (χ0) is 20.6. The quantitative estimate of drug-likeness (QED) is 0.703. The Morgan fingerprint density at radius 1 is 1.17 bits per heavy atom. The molecule has 1 saturated carbocycles. The summed E-state index contributed by atoms with van der Waals surface area (Å²) < 4.78 is 32.5. The molecular weight excluding hydrogens is 384 g/mol. The molecule has 2 amide bonds. The van der Waals surface area contributed by atoms with E-state index in [2.05, 4.69) is 22.4 Å². The molecule has 2 N–H and O–H groups in total. The van der Waals surface area contributed by atoms with Gasteiger partial charge in [-0.05, 0) is 31.1 Å². The van der Waals surface area contributed by atoms with E-state index in [4.69, 9.17) is 9.57 Å². The Balaban J connectivity index is 1.37. The fourth-order valence-corrected chi connectivity index (χ4v) is 3.39. The monoisotopic (exact) mass is 405 g/mol. The second kappa shape index (κ2) is 7.55. The van der Waals surface area contributed by atoms with E-state index in [9.17, 15) is 18.4 Å². The Bertz CT molecular complexity index is 866. The number of benzene rings is 1. The molecule has 0 bridgehead atoms. The van der Waals surface area contributed by atoms with Crippen LogP contribution in [0.3, 0.4) is 0 Å². The van der Waals surface area contributed by atoms with Gasteiger partial charge in [0.1, 0.15) is 17.7 Å². The molecule has 154 valence electrons. The summed E-state index contributed by atoms with van der Waals surface area (Å²) in [5.41, 5.74) is -1.06. The summed E-state index contributed by atoms with van der Waals surface area (Å²) in [4.78, 5) is 30.3. The number of amides is 2. The van der Waals surface area contributed by atoms with E-state index in [0.717, 1.165) is 31.0 Å². The Morgan fingerprint density at radius 3 is 2.55 bits per heavy atom. The third kappa shape index (κ3) is 4.14. The lowest BCUT2D eigenvalue weighted by molar-refractivity contribution is -0.139. The molecule has 3 aliphatic rings. The van der Waals surface area contributed by atoms with Crippen molar-refractivity contribution in [1.82, 2.24) is 10.6 Å². The van der Waals surface area contributed by atoms with Crippen molar-refractivity contribution in [3.05, 3.63) is 48.1 Å². The molecule has 29 heavy (non-hydrogen) atoms. The SMILES string of the molecule is C=CC1(C(=O)N[C@@H]2CO[C@H](C(=O)NC3CC3)C2)CC(c2cc(F)cc(F)c2)=NO1. The van der Waals surface area contributed by atoms with Gasteiger partial charge in [0.05, 0.1) is 18.4 Å². The first-order valence-electron chi connectivity index (χ1n) is 9.46. The number of hydrogen-bond donors (Lipinski definition) is 2. The second-order valence-corrected chi connectivity index (χ2v) is 7.57. The van der Waals surface area contributed by atoms with Gasteiger partial charge < -0.3 is 20.2 Å². The number of hydrogen-bond acceptors (Lipinski definition) is 5. The number of ether oxygens (including phenoxy) is 1. The van der Waals surface area contributed by atoms with Crippen molar-refractivity contribution in [3.8, 4) is 0 Å². The number of carbonyl (C=O) groups is 2. The molecule has 0 spiro atoms. The van der Waals surface area contributed by atoms with E-state index in [-0.39, 0.29) is 42.3 Å². The summed E-state index contributed by atoms with van der Waals surface area (Å²) >= 11 is 0. The van der Waals surface area contributed by atoms with Gasteiger partial charge in [-0.25, -0.2) is 8.78 Å². The average Bonchev–Trinajstić information content (AvgIpc) is 3.19. The fourth-order valence-electron chi connectivity index (χ4n) is 3.39. The van der Waals surface area contributed by atoms with Crippen molar-refractivity contribution in [2.75, 3.05) is 6.61 Å². The summed E-state index contributed by atoms with van der Waals surface area (Å²) in [5, 5.41) is 9.53. The summed E-state index contributed by atoms with van der Waals surface area (Å²) in [6.45, 7) is 3.85. The number of nitrogens with zero attached hydrogens (tertiary/aromatic N) is 1. The van der Waals surface area contributed by atoms with Crippen LogP contribution >= 0.6 is 0 Å². The Labute approximate surface area is 166 Å². The Morgan fingerprint density at radius 2 is 1.90 bits per heavy atom. The summed E-state index contributed by atoms with van der Waals surface area (Å²) in [6.07, 6.45) is 2.99. The number of halogens is 2. The lowest BCUT2D eigenvalue weighted by atomic mass is 9.92. The van der Waals surface area contributed by atoms with E-state index in [1.807, 2.05) is 0 Å². The lowest BCUT2D eigenvalue weighted by Crippen LogP contribution is -2.49. The molecule has 7 nitrogen and oxygen atoms in total. The molecule has 4 rings (SSSR count). The number of carbonyl (C=O) groups excluding carboxylic acids is 2. The van der Waals surface area contributed by atoms with Gasteiger partial charge in [0.25, 0.3) is 5.91 Å². The van der Waals surface area contributed by atoms with Gasteiger partial charge in [0, 0.05) is 30.5 Å². The Kier molecular flexibility index (Phi) is 5.08. The van der Waals surface area contributed by atoms with Gasteiger partial charge in [-0.1, -0.05) is 11.7 Å². The van der Waals surface area contributed by atoms with Crippen molar-refractivity contribution in [2.45, 2.75) is 49.5 Å². The first-order chi connectivity index (χ1) is 13.9. The molecule has 2 heterocycles. The normalized spacial score (nSPS) is 28.4. The summed E-state index contributed by atoms with van der Waals surface area (Å²) in [5.74, 6) is -2.16. The fraction of sp³-hybridized carbons (Fsp3) is 0.450. The highest BCUT2D eigenvalue weighted by Crippen LogP contribution is 2.30. The van der Waals surface area contributed by atoms with Crippen molar-refractivity contribution < 1.29 is 27.9 Å². The van der Waals surface area contributed by atoms with Crippen LogP contribution in [0.5, 0.6) is 0 Å². The van der Waals surface area contributed by atoms with Crippen LogP contribution in [0.1, 0.15) is 31.2 Å². The standard InChI is InChI=1S/C20H21F2N3O4/c1-2-20(9-16(25-29-20)11-5-12(21)7-13(22)6-11)19(27)24-15-8-17(28-10-15)18(26)23-14-3-4-14/h2,5-7,14-15,17H,1,3-4,8-10H2,(H,23,26)(H,24,27)/t15-,17-,20?/m0/s1. The molecule has 1 saturated heterocycles. The molecule has 1 unspecified atom stereocenters. The molecule has 2 fully saturated rings. The van der Waals surface area contributed by atoms with Gasteiger partial charge in [-0.2, -0.15) is 0 Å². The van der Waals surface area contributed by atoms with Gasteiger partial charge in [0.2, 0.25) is 11.5 Å². The smallest absolute Gasteiger partial charge is 0.271 e. The number of rotatable bonds is 6. The third-order valence-electron chi connectivity index (χ3n) is 5.21. The second-order valence-electron chi connectivity index (χ2n) is 7.57. The van der Waals surface area contributed by atoms with Crippen molar-refractivity contribution >= 4 is 17.5 Å². The molecule has 1 aromatic rings. The van der Waals surface area contributed by atoms with Crippen LogP contribution in [-0.4, -0.2) is 47.9 Å². The van der Waals surface area contributed by atoms with Crippen LogP contribution in [0, 0.1) is 11.6 Å². The minimum absolute atomic E-state index is 0.0234. The van der Waals surface area contributed by atoms with Gasteiger partial charge in [-0.3, -0.25) is 9.59 Å². The maximum Gasteiger partial charge on any atom is 0.271 e. The topological polar surface area (TPSA) is 89.0 Å². The first-order valence-corrected chi connectivity index (χ1v) is 9.46. The van der Waals surface area contributed by atoms with Crippen molar-refractivity contribution in [1.29, 1.82) is 0 Å². The molecule has 2 aliphatic heterocycles. The van der Waals surface area contributed by atoms with Crippen LogP contribution in [-0.2, 0) is 19.2 Å². The van der Waals surface area contributed by atoms with E-state index >= 15 is 0 Å². The molecule has 3 atom stereocenters. The lowest BCUT2D eigenvalue weighted by Gasteiger charge is -2.23. The van der Waals surface area contributed by atoms with Crippen LogP contribution in [0.15, 0.2) is 36.0 Å². The number of nitrogens with one attached hydrogen (secondary N) is 2. The Hall–Kier alpha value is -2.81. The predicted molar refractivity (Wildman–Crippen MR) is 99.0 cm³/mol. The molecule has 0 radical (unpaired) electrons. The zero-order valence-electron chi connectivity index (χ0n) is 15.6. The summed E-state index contributed by atoms with van der Waals surface area (Å²) in [7, 11) is 0. The van der Waals surface area contributed by atoms with Gasteiger partial charge in [-0.15, -0.1) is 0 Å². The van der Waals surface area contributed by atoms with Crippen molar-refractivity contribution in [2.24, 2.45) is 5.16 Å². The molecule has 1 aromatic carbocycles. The molecule has 0 aromatic heterocycles. The van der Waals surface area contributed by atoms with E-state index in [1.54, 1.807) is 0 Å². The van der Waals surface area contributed by atoms with Crippen molar-refractivity contribution in [3.63, 3.8) is 0 Å². The van der Waals surface area contributed by atoms with Crippen LogP contribution in [0.25, 0.3) is 0 Å². The van der Waals surface area contributed by atoms with E-state index in [1.165, 1.54) is 6.08 Å². The summed E-state index contributed by atoms with van der Waals surface area (Å²) in [6, 6.07) is 2.86. The van der Waals surface area contributed by atoms with E-state index < -0.39 is 29.2 Å². The predicted octanol–water partition coefficient (Wildman–Crippen LogP) is 1.57. The first kappa shape index (κ1) is 19.5. The van der Waals surface area contributed by atoms with E-state index in [0.29, 0.717) is 6.42 Å². The third-order valence-corrected chi connectivity index (χ3v) is 5.21. The molecule has 9 heteroatoms. The zero-order valence-corrected chi connectivity index (χ0v) is 15.6. The minimum Gasteiger partial charge on any atom is -0.374 e. The molecular formula is C20H21F2N3O4.